The van der Waals surface area contributed by atoms with Crippen LogP contribution in [0.1, 0.15) is 48.9 Å². The normalized spacial score (nSPS) is 20.5. The van der Waals surface area contributed by atoms with Crippen molar-refractivity contribution in [2.75, 3.05) is 39.3 Å². The standard InChI is InChI=1S/C28H35N5O2S/c1-30-19-21(18-29-30)26-25(23-8-4-5-9-24(23)36-26)28(35)33-16-14-31(15-17-33)22-10-12-32(13-11-22)27(34)20-6-2-3-7-20/h4-5,8-9,18-20,22H,2-3,6-7,10-17H2,1H3. The molecule has 0 N–H and O–H groups in total. The number of nitrogens with zero attached hydrogens (tertiary/aromatic N) is 5. The highest BCUT2D eigenvalue weighted by atomic mass is 32.1. The van der Waals surface area contributed by atoms with Gasteiger partial charge in [-0.15, -0.1) is 11.3 Å². The van der Waals surface area contributed by atoms with Crippen molar-refractivity contribution in [1.29, 1.82) is 0 Å². The molecule has 2 saturated heterocycles. The maximum Gasteiger partial charge on any atom is 0.256 e. The number of piperazine rings is 1. The average molecular weight is 506 g/mol. The Morgan fingerprint density at radius 2 is 1.64 bits per heavy atom. The number of amides is 2. The van der Waals surface area contributed by atoms with Crippen LogP contribution in [0.4, 0.5) is 0 Å². The second-order valence-electron chi connectivity index (χ2n) is 10.6. The zero-order valence-corrected chi connectivity index (χ0v) is 21.9. The van der Waals surface area contributed by atoms with Crippen LogP contribution in [0.5, 0.6) is 0 Å². The molecule has 0 atom stereocenters. The number of aromatic nitrogens is 2. The summed E-state index contributed by atoms with van der Waals surface area (Å²) in [6.07, 6.45) is 10.5. The number of rotatable bonds is 4. The highest BCUT2D eigenvalue weighted by Crippen LogP contribution is 2.39. The Bertz CT molecular complexity index is 1240. The Morgan fingerprint density at radius 3 is 2.33 bits per heavy atom. The Morgan fingerprint density at radius 1 is 0.917 bits per heavy atom. The van der Waals surface area contributed by atoms with E-state index in [1.165, 1.54) is 12.8 Å². The maximum absolute atomic E-state index is 13.8. The number of hydrogen-bond acceptors (Lipinski definition) is 5. The van der Waals surface area contributed by atoms with Crippen LogP contribution in [-0.2, 0) is 11.8 Å². The number of benzene rings is 1. The number of aryl methyl sites for hydroxylation is 1. The van der Waals surface area contributed by atoms with E-state index in [9.17, 15) is 9.59 Å². The zero-order valence-electron chi connectivity index (χ0n) is 21.1. The molecule has 36 heavy (non-hydrogen) atoms. The van der Waals surface area contributed by atoms with E-state index in [1.54, 1.807) is 16.0 Å². The number of piperidine rings is 1. The number of hydrogen-bond donors (Lipinski definition) is 0. The van der Waals surface area contributed by atoms with Gasteiger partial charge in [-0.2, -0.15) is 5.10 Å². The highest BCUT2D eigenvalue weighted by Gasteiger charge is 2.34. The van der Waals surface area contributed by atoms with E-state index < -0.39 is 0 Å². The first-order valence-corrected chi connectivity index (χ1v) is 14.2. The minimum absolute atomic E-state index is 0.128. The molecule has 2 aliphatic heterocycles. The van der Waals surface area contributed by atoms with E-state index in [4.69, 9.17) is 0 Å². The van der Waals surface area contributed by atoms with Crippen LogP contribution in [0, 0.1) is 5.92 Å². The number of carbonyl (C=O) groups is 2. The molecule has 3 aromatic rings. The predicted octanol–water partition coefficient (Wildman–Crippen LogP) is 4.24. The highest BCUT2D eigenvalue weighted by molar-refractivity contribution is 7.22. The van der Waals surface area contributed by atoms with E-state index in [0.717, 1.165) is 91.0 Å². The van der Waals surface area contributed by atoms with Gasteiger partial charge >= 0.3 is 0 Å². The van der Waals surface area contributed by atoms with E-state index in [-0.39, 0.29) is 11.8 Å². The zero-order chi connectivity index (χ0) is 24.6. The van der Waals surface area contributed by atoms with Crippen molar-refractivity contribution < 1.29 is 9.59 Å². The predicted molar refractivity (Wildman–Crippen MR) is 143 cm³/mol. The molecule has 1 aliphatic carbocycles. The van der Waals surface area contributed by atoms with Gasteiger partial charge in [0, 0.05) is 80.1 Å². The summed E-state index contributed by atoms with van der Waals surface area (Å²) in [4.78, 5) is 34.4. The molecule has 2 amide bonds. The molecule has 2 aromatic heterocycles. The van der Waals surface area contributed by atoms with Gasteiger partial charge in [0.2, 0.25) is 5.91 Å². The van der Waals surface area contributed by atoms with Crippen molar-refractivity contribution in [3.8, 4) is 10.4 Å². The third kappa shape index (κ3) is 4.45. The molecule has 4 heterocycles. The summed E-state index contributed by atoms with van der Waals surface area (Å²) >= 11 is 1.67. The molecule has 1 aromatic carbocycles. The Labute approximate surface area is 216 Å². The summed E-state index contributed by atoms with van der Waals surface area (Å²) in [5, 5.41) is 5.38. The molecular weight excluding hydrogens is 470 g/mol. The van der Waals surface area contributed by atoms with Crippen LogP contribution in [0.2, 0.25) is 0 Å². The van der Waals surface area contributed by atoms with Crippen molar-refractivity contribution in [2.45, 2.75) is 44.6 Å². The van der Waals surface area contributed by atoms with Crippen molar-refractivity contribution in [2.24, 2.45) is 13.0 Å². The molecule has 0 radical (unpaired) electrons. The fraction of sp³-hybridized carbons (Fsp3) is 0.536. The second kappa shape index (κ2) is 9.98. The molecule has 0 spiro atoms. The number of thiophene rings is 1. The molecule has 3 fully saturated rings. The van der Waals surface area contributed by atoms with Crippen molar-refractivity contribution in [3.63, 3.8) is 0 Å². The van der Waals surface area contributed by atoms with Crippen LogP contribution in [0.25, 0.3) is 20.5 Å². The van der Waals surface area contributed by atoms with E-state index in [2.05, 4.69) is 27.0 Å². The van der Waals surface area contributed by atoms with Crippen molar-refractivity contribution in [3.05, 3.63) is 42.2 Å². The summed E-state index contributed by atoms with van der Waals surface area (Å²) in [5.41, 5.74) is 1.82. The van der Waals surface area contributed by atoms with Gasteiger partial charge in [0.05, 0.1) is 16.6 Å². The van der Waals surface area contributed by atoms with Crippen molar-refractivity contribution >= 4 is 33.2 Å². The summed E-state index contributed by atoms with van der Waals surface area (Å²) in [6.45, 7) is 5.06. The fourth-order valence-electron chi connectivity index (χ4n) is 6.33. The summed E-state index contributed by atoms with van der Waals surface area (Å²) in [7, 11) is 1.91. The Balaban J connectivity index is 1.11. The van der Waals surface area contributed by atoms with Gasteiger partial charge < -0.3 is 9.80 Å². The molecule has 190 valence electrons. The SMILES string of the molecule is Cn1cc(-c2sc3ccccc3c2C(=O)N2CCN(C3CCN(C(=O)C4CCCC4)CC3)CC2)cn1. The third-order valence-electron chi connectivity index (χ3n) is 8.37. The van der Waals surface area contributed by atoms with Gasteiger partial charge in [0.25, 0.3) is 5.91 Å². The first-order chi connectivity index (χ1) is 17.6. The van der Waals surface area contributed by atoms with Gasteiger partial charge in [-0.25, -0.2) is 0 Å². The van der Waals surface area contributed by atoms with E-state index in [1.807, 2.05) is 36.5 Å². The number of fused-ring (bicyclic) bond motifs is 1. The summed E-state index contributed by atoms with van der Waals surface area (Å²) < 4.78 is 2.93. The van der Waals surface area contributed by atoms with Crippen LogP contribution in [-0.4, -0.2) is 81.6 Å². The van der Waals surface area contributed by atoms with Gasteiger partial charge in [0.15, 0.2) is 0 Å². The summed E-state index contributed by atoms with van der Waals surface area (Å²) in [6, 6.07) is 8.73. The maximum atomic E-state index is 13.8. The lowest BCUT2D eigenvalue weighted by Crippen LogP contribution is -2.55. The van der Waals surface area contributed by atoms with Crippen LogP contribution >= 0.6 is 11.3 Å². The Hall–Kier alpha value is -2.71. The lowest BCUT2D eigenvalue weighted by molar-refractivity contribution is -0.137. The van der Waals surface area contributed by atoms with Gasteiger partial charge in [-0.3, -0.25) is 19.2 Å². The van der Waals surface area contributed by atoms with E-state index >= 15 is 0 Å². The second-order valence-corrected chi connectivity index (χ2v) is 11.6. The van der Waals surface area contributed by atoms with Crippen molar-refractivity contribution in [1.82, 2.24) is 24.5 Å². The number of carbonyl (C=O) groups excluding carboxylic acids is 2. The minimum Gasteiger partial charge on any atom is -0.342 e. The smallest absolute Gasteiger partial charge is 0.256 e. The minimum atomic E-state index is 0.128. The monoisotopic (exact) mass is 505 g/mol. The molecule has 8 heteroatoms. The quantitative estimate of drug-likeness (QED) is 0.532. The molecule has 0 bridgehead atoms. The van der Waals surface area contributed by atoms with Gasteiger partial charge in [0.1, 0.15) is 0 Å². The first-order valence-electron chi connectivity index (χ1n) is 13.4. The molecular formula is C28H35N5O2S. The fourth-order valence-corrected chi connectivity index (χ4v) is 7.50. The topological polar surface area (TPSA) is 61.7 Å². The van der Waals surface area contributed by atoms with Crippen LogP contribution in [0.15, 0.2) is 36.7 Å². The molecule has 3 aliphatic rings. The summed E-state index contributed by atoms with van der Waals surface area (Å²) in [5.74, 6) is 0.803. The number of likely N-dealkylation sites (tertiary alicyclic amines) is 1. The third-order valence-corrected chi connectivity index (χ3v) is 9.59. The lowest BCUT2D eigenvalue weighted by atomic mass is 9.99. The molecule has 0 unspecified atom stereocenters. The largest absolute Gasteiger partial charge is 0.342 e. The van der Waals surface area contributed by atoms with Gasteiger partial charge in [-0.05, 0) is 31.7 Å². The van der Waals surface area contributed by atoms with Crippen LogP contribution in [0.3, 0.4) is 0 Å². The average Bonchev–Trinajstić information content (AvgIpc) is 3.68. The molecule has 7 nitrogen and oxygen atoms in total. The van der Waals surface area contributed by atoms with Gasteiger partial charge in [-0.1, -0.05) is 31.0 Å². The lowest BCUT2D eigenvalue weighted by Gasteiger charge is -2.43. The van der Waals surface area contributed by atoms with Crippen LogP contribution < -0.4 is 0 Å². The Kier molecular flexibility index (Phi) is 6.56. The van der Waals surface area contributed by atoms with E-state index in [0.29, 0.717) is 11.9 Å². The molecule has 1 saturated carbocycles. The molecule has 6 rings (SSSR count). The first kappa shape index (κ1) is 23.7.